The maximum atomic E-state index is 13.2. The zero-order valence-corrected chi connectivity index (χ0v) is 20.7. The highest BCUT2D eigenvalue weighted by atomic mass is 16.5. The van der Waals surface area contributed by atoms with Gasteiger partial charge in [-0.2, -0.15) is 0 Å². The first kappa shape index (κ1) is 25.3. The fourth-order valence-electron chi connectivity index (χ4n) is 4.59. The number of carbonyl (C=O) groups excluding carboxylic acids is 3. The average Bonchev–Trinajstić information content (AvgIpc) is 2.90. The van der Waals surface area contributed by atoms with E-state index in [0.717, 1.165) is 37.6 Å². The maximum absolute atomic E-state index is 13.2. The minimum atomic E-state index is -0.848. The van der Waals surface area contributed by atoms with E-state index in [1.807, 2.05) is 18.2 Å². The molecule has 36 heavy (non-hydrogen) atoms. The Bertz CT molecular complexity index is 1090. The number of piperazine rings is 2. The Labute approximate surface area is 211 Å². The van der Waals surface area contributed by atoms with Crippen LogP contribution < -0.4 is 25.0 Å². The lowest BCUT2D eigenvalue weighted by atomic mass is 10.1. The van der Waals surface area contributed by atoms with Crippen molar-refractivity contribution in [3.05, 3.63) is 48.5 Å². The standard InChI is InChI=1S/C26H33N5O5/c1-35-20-7-5-6-19(16-20)30-14-12-29(13-15-30)18-25(33)31-11-10-27-26(34)22(31)17-24(32)28-21-8-3-4-9-23(21)36-2/h3-9,16,22H,10-15,17-18H2,1-2H3,(H,27,34)(H,28,32)/t22-/m1/s1. The van der Waals surface area contributed by atoms with E-state index in [2.05, 4.69) is 26.5 Å². The van der Waals surface area contributed by atoms with E-state index >= 15 is 0 Å². The molecule has 2 saturated heterocycles. The van der Waals surface area contributed by atoms with Gasteiger partial charge in [0.05, 0.1) is 32.9 Å². The van der Waals surface area contributed by atoms with Gasteiger partial charge in [-0.15, -0.1) is 0 Å². The van der Waals surface area contributed by atoms with Gasteiger partial charge in [0.1, 0.15) is 17.5 Å². The third-order valence-corrected chi connectivity index (χ3v) is 6.56. The zero-order valence-electron chi connectivity index (χ0n) is 20.7. The minimum absolute atomic E-state index is 0.126. The molecule has 192 valence electrons. The maximum Gasteiger partial charge on any atom is 0.243 e. The summed E-state index contributed by atoms with van der Waals surface area (Å²) in [6.45, 7) is 3.98. The molecule has 2 fully saturated rings. The van der Waals surface area contributed by atoms with Gasteiger partial charge in [-0.25, -0.2) is 0 Å². The van der Waals surface area contributed by atoms with Gasteiger partial charge in [0.2, 0.25) is 17.7 Å². The van der Waals surface area contributed by atoms with Gasteiger partial charge in [-0.3, -0.25) is 19.3 Å². The summed E-state index contributed by atoms with van der Waals surface area (Å²) in [4.78, 5) is 44.5. The molecule has 0 aromatic heterocycles. The Morgan fingerprint density at radius 1 is 1.00 bits per heavy atom. The summed E-state index contributed by atoms with van der Waals surface area (Å²) in [6.07, 6.45) is -0.126. The van der Waals surface area contributed by atoms with Crippen LogP contribution in [0.25, 0.3) is 0 Å². The first-order valence-corrected chi connectivity index (χ1v) is 12.1. The van der Waals surface area contributed by atoms with Crippen LogP contribution in [-0.4, -0.2) is 93.6 Å². The minimum Gasteiger partial charge on any atom is -0.497 e. The molecule has 0 saturated carbocycles. The lowest BCUT2D eigenvalue weighted by Crippen LogP contribution is -2.60. The Morgan fingerprint density at radius 3 is 2.53 bits per heavy atom. The molecule has 1 atom stereocenters. The van der Waals surface area contributed by atoms with Gasteiger partial charge in [-0.05, 0) is 24.3 Å². The Kier molecular flexibility index (Phi) is 8.27. The quantitative estimate of drug-likeness (QED) is 0.567. The topological polar surface area (TPSA) is 103 Å². The van der Waals surface area contributed by atoms with Gasteiger partial charge in [0.25, 0.3) is 0 Å². The molecule has 4 rings (SSSR count). The molecular formula is C26H33N5O5. The number of rotatable bonds is 8. The average molecular weight is 496 g/mol. The number of carbonyl (C=O) groups is 3. The van der Waals surface area contributed by atoms with Crippen molar-refractivity contribution in [3.63, 3.8) is 0 Å². The van der Waals surface area contributed by atoms with Crippen molar-refractivity contribution in [3.8, 4) is 11.5 Å². The molecule has 0 aliphatic carbocycles. The molecule has 0 bridgehead atoms. The summed E-state index contributed by atoms with van der Waals surface area (Å²) in [5.74, 6) is 0.530. The van der Waals surface area contributed by atoms with Gasteiger partial charge < -0.3 is 29.9 Å². The normalized spacial score (nSPS) is 18.4. The molecule has 0 spiro atoms. The van der Waals surface area contributed by atoms with Crippen LogP contribution in [-0.2, 0) is 14.4 Å². The van der Waals surface area contributed by atoms with Crippen LogP contribution in [0, 0.1) is 0 Å². The molecule has 2 aromatic carbocycles. The van der Waals surface area contributed by atoms with Crippen molar-refractivity contribution >= 4 is 29.1 Å². The largest absolute Gasteiger partial charge is 0.497 e. The Morgan fingerprint density at radius 2 is 1.78 bits per heavy atom. The number of anilines is 2. The first-order valence-electron chi connectivity index (χ1n) is 12.1. The van der Waals surface area contributed by atoms with Crippen LogP contribution in [0.15, 0.2) is 48.5 Å². The highest BCUT2D eigenvalue weighted by molar-refractivity contribution is 5.98. The summed E-state index contributed by atoms with van der Waals surface area (Å²) in [7, 11) is 3.18. The third kappa shape index (κ3) is 6.06. The molecule has 10 nitrogen and oxygen atoms in total. The molecule has 2 aromatic rings. The summed E-state index contributed by atoms with van der Waals surface area (Å²) < 4.78 is 10.6. The first-order chi connectivity index (χ1) is 17.5. The van der Waals surface area contributed by atoms with Crippen LogP contribution in [0.2, 0.25) is 0 Å². The molecule has 3 amide bonds. The molecule has 2 aliphatic heterocycles. The summed E-state index contributed by atoms with van der Waals surface area (Å²) in [5, 5.41) is 5.57. The number of benzene rings is 2. The van der Waals surface area contributed by atoms with Gasteiger partial charge in [0.15, 0.2) is 0 Å². The van der Waals surface area contributed by atoms with Crippen molar-refractivity contribution in [2.24, 2.45) is 0 Å². The zero-order chi connectivity index (χ0) is 25.5. The molecule has 10 heteroatoms. The fourth-order valence-corrected chi connectivity index (χ4v) is 4.59. The highest BCUT2D eigenvalue weighted by Crippen LogP contribution is 2.24. The Balaban J connectivity index is 1.33. The van der Waals surface area contributed by atoms with E-state index in [1.165, 1.54) is 12.0 Å². The second-order valence-corrected chi connectivity index (χ2v) is 8.81. The van der Waals surface area contributed by atoms with Gasteiger partial charge in [0, 0.05) is 51.0 Å². The van der Waals surface area contributed by atoms with Crippen LogP contribution in [0.3, 0.4) is 0 Å². The highest BCUT2D eigenvalue weighted by Gasteiger charge is 2.35. The number of methoxy groups -OCH3 is 2. The van der Waals surface area contributed by atoms with Crippen molar-refractivity contribution in [2.75, 3.05) is 70.2 Å². The molecule has 0 radical (unpaired) electrons. The van der Waals surface area contributed by atoms with Crippen LogP contribution >= 0.6 is 0 Å². The predicted molar refractivity (Wildman–Crippen MR) is 136 cm³/mol. The second-order valence-electron chi connectivity index (χ2n) is 8.81. The number of amides is 3. The monoisotopic (exact) mass is 495 g/mol. The van der Waals surface area contributed by atoms with E-state index in [-0.39, 0.29) is 30.7 Å². The van der Waals surface area contributed by atoms with E-state index in [1.54, 1.807) is 31.4 Å². The number of hydrogen-bond acceptors (Lipinski definition) is 7. The molecule has 2 heterocycles. The number of nitrogens with one attached hydrogen (secondary N) is 2. The fraction of sp³-hybridized carbons (Fsp3) is 0.423. The van der Waals surface area contributed by atoms with Crippen molar-refractivity contribution in [1.82, 2.24) is 15.1 Å². The van der Waals surface area contributed by atoms with E-state index in [4.69, 9.17) is 9.47 Å². The Hall–Kier alpha value is -3.79. The van der Waals surface area contributed by atoms with E-state index < -0.39 is 6.04 Å². The van der Waals surface area contributed by atoms with E-state index in [9.17, 15) is 14.4 Å². The van der Waals surface area contributed by atoms with Crippen molar-refractivity contribution in [1.29, 1.82) is 0 Å². The molecule has 2 aliphatic rings. The summed E-state index contributed by atoms with van der Waals surface area (Å²) in [6, 6.07) is 14.2. The summed E-state index contributed by atoms with van der Waals surface area (Å²) in [5.41, 5.74) is 1.61. The number of nitrogens with zero attached hydrogens (tertiary/aromatic N) is 3. The van der Waals surface area contributed by atoms with Crippen molar-refractivity contribution in [2.45, 2.75) is 12.5 Å². The van der Waals surface area contributed by atoms with Crippen LogP contribution in [0.1, 0.15) is 6.42 Å². The SMILES string of the molecule is COc1cccc(N2CCN(CC(=O)N3CCNC(=O)[C@H]3CC(=O)Nc3ccccc3OC)CC2)c1. The number of ether oxygens (including phenoxy) is 2. The lowest BCUT2D eigenvalue weighted by Gasteiger charge is -2.39. The van der Waals surface area contributed by atoms with Gasteiger partial charge >= 0.3 is 0 Å². The van der Waals surface area contributed by atoms with Crippen molar-refractivity contribution < 1.29 is 23.9 Å². The lowest BCUT2D eigenvalue weighted by molar-refractivity contribution is -0.145. The van der Waals surface area contributed by atoms with Crippen LogP contribution in [0.5, 0.6) is 11.5 Å². The number of hydrogen-bond donors (Lipinski definition) is 2. The van der Waals surface area contributed by atoms with Crippen LogP contribution in [0.4, 0.5) is 11.4 Å². The smallest absolute Gasteiger partial charge is 0.243 e. The molecular weight excluding hydrogens is 462 g/mol. The predicted octanol–water partition coefficient (Wildman–Crippen LogP) is 1.18. The third-order valence-electron chi connectivity index (χ3n) is 6.56. The number of para-hydroxylation sites is 2. The second kappa shape index (κ2) is 11.8. The summed E-state index contributed by atoms with van der Waals surface area (Å²) >= 11 is 0. The van der Waals surface area contributed by atoms with E-state index in [0.29, 0.717) is 24.5 Å². The molecule has 0 unspecified atom stereocenters. The molecule has 2 N–H and O–H groups in total. The van der Waals surface area contributed by atoms with Gasteiger partial charge in [-0.1, -0.05) is 18.2 Å².